The van der Waals surface area contributed by atoms with Crippen LogP contribution in [0.4, 0.5) is 0 Å². The first-order valence-corrected chi connectivity index (χ1v) is 28.0. The number of hydrogen-bond donors (Lipinski definition) is 2. The second-order valence-corrected chi connectivity index (χ2v) is 24.0. The molecular weight excluding hydrogens is 1000 g/mol. The van der Waals surface area contributed by atoms with Crippen molar-refractivity contribution in [3.8, 4) is 34.5 Å². The molecule has 6 aromatic carbocycles. The van der Waals surface area contributed by atoms with Gasteiger partial charge in [0.1, 0.15) is 73.1 Å². The van der Waals surface area contributed by atoms with E-state index in [1.54, 1.807) is 24.3 Å². The lowest BCUT2D eigenvalue weighted by atomic mass is 9.78. The average Bonchev–Trinajstić information content (AvgIpc) is 4.28. The molecule has 2 saturated heterocycles. The number of aromatic hydroxyl groups is 2. The van der Waals surface area contributed by atoms with Crippen LogP contribution in [0.15, 0.2) is 181 Å². The Labute approximate surface area is 479 Å². The molecule has 0 saturated carbocycles. The third-order valence-corrected chi connectivity index (χ3v) is 14.7. The van der Waals surface area contributed by atoms with Crippen molar-refractivity contribution < 1.29 is 38.6 Å². The van der Waals surface area contributed by atoms with E-state index in [1.807, 2.05) is 92.7 Å². The lowest BCUT2D eigenvalue weighted by Crippen LogP contribution is -2.19. The summed E-state index contributed by atoms with van der Waals surface area (Å²) in [5, 5.41) is 18.6. The van der Waals surface area contributed by atoms with E-state index in [0.717, 1.165) is 34.1 Å². The first-order valence-electron chi connectivity index (χ1n) is 27.5. The molecule has 6 aromatic rings. The van der Waals surface area contributed by atoms with Gasteiger partial charge >= 0.3 is 0 Å². The van der Waals surface area contributed by atoms with Crippen molar-refractivity contribution in [3.63, 3.8) is 0 Å². The Morgan fingerprint density at radius 3 is 0.810 bits per heavy atom. The Morgan fingerprint density at radius 1 is 0.405 bits per heavy atom. The second kappa shape index (κ2) is 28.1. The first kappa shape index (κ1) is 63.4. The lowest BCUT2D eigenvalue weighted by molar-refractivity contribution is 0.254. The summed E-state index contributed by atoms with van der Waals surface area (Å²) in [5.41, 5.74) is 10.6. The first-order chi connectivity index (χ1) is 37.1. The van der Waals surface area contributed by atoms with Crippen LogP contribution in [0.5, 0.6) is 34.5 Å². The number of alkyl halides is 1. The number of rotatable bonds is 19. The van der Waals surface area contributed by atoms with Crippen LogP contribution in [0, 0.1) is 0 Å². The number of allylic oxidation sites excluding steroid dienone is 4. The number of epoxide rings is 2. The molecule has 424 valence electrons. The van der Waals surface area contributed by atoms with E-state index in [0.29, 0.717) is 32.3 Å². The molecule has 2 aliphatic heterocycles. The molecule has 0 radical (unpaired) electrons. The predicted octanol–water partition coefficient (Wildman–Crippen LogP) is 17.4. The molecule has 0 aliphatic carbocycles. The Bertz CT molecular complexity index is 2690. The zero-order chi connectivity index (χ0) is 58.2. The third kappa shape index (κ3) is 19.7. The maximum atomic E-state index is 9.30. The summed E-state index contributed by atoms with van der Waals surface area (Å²) in [6.45, 7) is 36.3. The summed E-state index contributed by atoms with van der Waals surface area (Å²) >= 11 is 5.32. The topological polar surface area (TPSA) is 102 Å². The highest BCUT2D eigenvalue weighted by Gasteiger charge is 2.49. The molecule has 8 nitrogen and oxygen atoms in total. The van der Waals surface area contributed by atoms with Gasteiger partial charge in [0, 0.05) is 22.1 Å². The quantitative estimate of drug-likeness (QED) is 0.0470. The van der Waals surface area contributed by atoms with Crippen LogP contribution in [-0.4, -0.2) is 65.9 Å². The fourth-order valence-corrected chi connectivity index (χ4v) is 8.68. The normalized spacial score (nSPS) is 15.6. The zero-order valence-corrected chi connectivity index (χ0v) is 50.8. The number of hydrogen-bond acceptors (Lipinski definition) is 8. The molecule has 9 heteroatoms. The molecule has 0 spiro atoms. The van der Waals surface area contributed by atoms with Crippen molar-refractivity contribution in [1.29, 1.82) is 0 Å². The van der Waals surface area contributed by atoms with Crippen LogP contribution in [0.25, 0.3) is 0 Å². The number of ether oxygens (including phenoxy) is 6. The van der Waals surface area contributed by atoms with Gasteiger partial charge in [-0.2, -0.15) is 0 Å². The predicted molar refractivity (Wildman–Crippen MR) is 327 cm³/mol. The van der Waals surface area contributed by atoms with Crippen molar-refractivity contribution >= 4 is 11.6 Å². The SMILES string of the molecule is CC(C)(c1ccc(O)cc1)c1ccc(O)cc1.CC(C)(c1ccc(OCC2OC2(C)C)cc1)c1ccc(OCC2OC2(C)C)cc1.CC(C)=CCCl.CC(C)=CCOc1ccc(C(C)(C)c2ccc(OCC=C(C)C)cc2)cc1. The molecular formula is C70H89ClO8. The van der Waals surface area contributed by atoms with Crippen molar-refractivity contribution in [2.75, 3.05) is 32.3 Å². The average molecular weight is 1090 g/mol. The highest BCUT2D eigenvalue weighted by atomic mass is 35.5. The summed E-state index contributed by atoms with van der Waals surface area (Å²) in [6.07, 6.45) is 6.52. The van der Waals surface area contributed by atoms with Crippen molar-refractivity contribution in [3.05, 3.63) is 214 Å². The molecule has 79 heavy (non-hydrogen) atoms. The smallest absolute Gasteiger partial charge is 0.121 e. The van der Waals surface area contributed by atoms with Gasteiger partial charge in [-0.25, -0.2) is 0 Å². The highest BCUT2D eigenvalue weighted by Crippen LogP contribution is 2.39. The summed E-state index contributed by atoms with van der Waals surface area (Å²) < 4.78 is 34.4. The lowest BCUT2D eigenvalue weighted by Gasteiger charge is -2.26. The minimum atomic E-state index is -0.151. The van der Waals surface area contributed by atoms with Gasteiger partial charge in [-0.05, 0) is 188 Å². The molecule has 2 unspecified atom stereocenters. The number of phenolic OH excluding ortho intramolecular Hbond substituents is 2. The van der Waals surface area contributed by atoms with Crippen LogP contribution in [-0.2, 0) is 25.7 Å². The molecule has 0 aromatic heterocycles. The Morgan fingerprint density at radius 2 is 0.620 bits per heavy atom. The maximum absolute atomic E-state index is 9.30. The van der Waals surface area contributed by atoms with E-state index < -0.39 is 0 Å². The van der Waals surface area contributed by atoms with Crippen LogP contribution in [0.3, 0.4) is 0 Å². The minimum absolute atomic E-state index is 0.0420. The maximum Gasteiger partial charge on any atom is 0.121 e. The molecule has 8 rings (SSSR count). The van der Waals surface area contributed by atoms with Crippen molar-refractivity contribution in [2.45, 2.75) is 150 Å². The number of halogens is 1. The molecule has 2 aliphatic rings. The molecule has 2 N–H and O–H groups in total. The van der Waals surface area contributed by atoms with E-state index in [1.165, 1.54) is 39.0 Å². The third-order valence-electron chi connectivity index (χ3n) is 14.6. The number of benzene rings is 6. The summed E-state index contributed by atoms with van der Waals surface area (Å²) in [4.78, 5) is 0. The van der Waals surface area contributed by atoms with E-state index in [9.17, 15) is 10.2 Å². The van der Waals surface area contributed by atoms with Gasteiger partial charge in [-0.1, -0.05) is 137 Å². The van der Waals surface area contributed by atoms with Gasteiger partial charge in [0.05, 0.1) is 11.2 Å². The Hall–Kier alpha value is -6.45. The van der Waals surface area contributed by atoms with E-state index in [2.05, 4.69) is 158 Å². The zero-order valence-electron chi connectivity index (χ0n) is 50.0. The summed E-state index contributed by atoms with van der Waals surface area (Å²) in [7, 11) is 0. The molecule has 0 amide bonds. The molecule has 2 fully saturated rings. The standard InChI is InChI=1S/C25H32O4.C25H32O2.C15H16O2.C5H9Cl/c1-23(2,17-7-11-19(12-8-17)26-15-21-24(3,4)28-21)18-9-13-20(14-10-18)27-16-22-25(5,6)29-22;1-19(2)15-17-26-23-11-7-21(8-12-23)25(5,6)22-9-13-24(14-10-22)27-18-16-20(3)4;1-15(2,11-3-7-13(16)8-4-11)12-5-9-14(17)10-6-12;1-5(2)3-4-6/h7-14,21-22H,15-16H2,1-6H3;7-16H,17-18H2,1-6H3;3-10,16-17H,1-2H3;3H,4H2,1-2H3. The van der Waals surface area contributed by atoms with E-state index in [4.69, 9.17) is 40.0 Å². The monoisotopic (exact) mass is 1090 g/mol. The molecule has 2 heterocycles. The van der Waals surface area contributed by atoms with E-state index in [-0.39, 0.29) is 51.2 Å². The molecule has 0 bridgehead atoms. The Kier molecular flexibility index (Phi) is 22.6. The van der Waals surface area contributed by atoms with Crippen LogP contribution >= 0.6 is 11.6 Å². The summed E-state index contributed by atoms with van der Waals surface area (Å²) in [5.74, 6) is 4.74. The van der Waals surface area contributed by atoms with Gasteiger partial charge in [-0.3, -0.25) is 0 Å². The van der Waals surface area contributed by atoms with Crippen LogP contribution in [0.1, 0.15) is 144 Å². The van der Waals surface area contributed by atoms with Gasteiger partial charge in [0.15, 0.2) is 0 Å². The van der Waals surface area contributed by atoms with Gasteiger partial charge in [0.2, 0.25) is 0 Å². The van der Waals surface area contributed by atoms with E-state index >= 15 is 0 Å². The fourth-order valence-electron chi connectivity index (χ4n) is 8.37. The minimum Gasteiger partial charge on any atom is -0.508 e. The van der Waals surface area contributed by atoms with Crippen LogP contribution in [0.2, 0.25) is 0 Å². The van der Waals surface area contributed by atoms with Crippen molar-refractivity contribution in [2.24, 2.45) is 0 Å². The Balaban J connectivity index is 0.000000213. The van der Waals surface area contributed by atoms with Gasteiger partial charge in [0.25, 0.3) is 0 Å². The van der Waals surface area contributed by atoms with Gasteiger partial charge < -0.3 is 38.6 Å². The van der Waals surface area contributed by atoms with Gasteiger partial charge in [-0.15, -0.1) is 11.6 Å². The molecule has 2 atom stereocenters. The highest BCUT2D eigenvalue weighted by molar-refractivity contribution is 6.18. The summed E-state index contributed by atoms with van der Waals surface area (Å²) in [6, 6.07) is 48.0. The second-order valence-electron chi connectivity index (χ2n) is 23.7. The number of phenols is 2. The van der Waals surface area contributed by atoms with Crippen LogP contribution < -0.4 is 18.9 Å². The fraction of sp³-hybridized carbons (Fsp3) is 0.400. The largest absolute Gasteiger partial charge is 0.508 e. The van der Waals surface area contributed by atoms with Crippen molar-refractivity contribution in [1.82, 2.24) is 0 Å².